The molecule has 1 saturated heterocycles. The van der Waals surface area contributed by atoms with Crippen LogP contribution in [0.15, 0.2) is 15.8 Å². The zero-order chi connectivity index (χ0) is 21.2. The third kappa shape index (κ3) is 4.33. The van der Waals surface area contributed by atoms with E-state index in [2.05, 4.69) is 10.3 Å². The highest BCUT2D eigenvalue weighted by atomic mass is 16.6. The van der Waals surface area contributed by atoms with Gasteiger partial charge >= 0.3 is 5.69 Å². The Labute approximate surface area is 161 Å². The number of hydrogen-bond acceptors (Lipinski definition) is 8. The van der Waals surface area contributed by atoms with Gasteiger partial charge in [-0.3, -0.25) is 19.1 Å². The van der Waals surface area contributed by atoms with Gasteiger partial charge in [-0.25, -0.2) is 4.79 Å². The molecule has 0 spiro atoms. The number of aryl methyl sites for hydroxylation is 1. The molecule has 5 atom stereocenters. The van der Waals surface area contributed by atoms with E-state index in [4.69, 9.17) is 10.5 Å². The first-order valence-electron chi connectivity index (χ1n) is 9.02. The van der Waals surface area contributed by atoms with Crippen LogP contribution in [0.4, 0.5) is 0 Å². The smallest absolute Gasteiger partial charge is 0.330 e. The van der Waals surface area contributed by atoms with Gasteiger partial charge in [-0.1, -0.05) is 13.8 Å². The second-order valence-corrected chi connectivity index (χ2v) is 7.60. The van der Waals surface area contributed by atoms with Gasteiger partial charge < -0.3 is 31.1 Å². The summed E-state index contributed by atoms with van der Waals surface area (Å²) >= 11 is 0. The quantitative estimate of drug-likeness (QED) is 0.286. The number of hydrogen-bond donors (Lipinski definition) is 6. The molecule has 0 radical (unpaired) electrons. The van der Waals surface area contributed by atoms with Crippen molar-refractivity contribution in [3.63, 3.8) is 0 Å². The molecule has 2 heterocycles. The van der Waals surface area contributed by atoms with Crippen molar-refractivity contribution in [2.75, 3.05) is 13.2 Å². The summed E-state index contributed by atoms with van der Waals surface area (Å²) in [5, 5.41) is 33.2. The van der Waals surface area contributed by atoms with Crippen molar-refractivity contribution < 1.29 is 24.9 Å². The van der Waals surface area contributed by atoms with Crippen LogP contribution in [-0.2, 0) is 9.53 Å². The molecule has 1 amide bonds. The Morgan fingerprint density at radius 1 is 1.43 bits per heavy atom. The third-order valence-electron chi connectivity index (χ3n) is 4.82. The molecule has 2 rings (SSSR count). The molecule has 158 valence electrons. The van der Waals surface area contributed by atoms with E-state index in [1.807, 2.05) is 13.8 Å². The van der Waals surface area contributed by atoms with Crippen LogP contribution in [0.2, 0.25) is 0 Å². The Morgan fingerprint density at radius 3 is 2.64 bits per heavy atom. The number of rotatable bonds is 7. The van der Waals surface area contributed by atoms with E-state index >= 15 is 0 Å². The Kier molecular flexibility index (Phi) is 6.78. The SMILES string of the molecule is Cc1cn([C@@H]2O[C@@](CO)(CNC(=O)[C@@H](N)CC(C)C)C(O)C2O)c(=O)[nH]c1=O. The predicted molar refractivity (Wildman–Crippen MR) is 98.5 cm³/mol. The van der Waals surface area contributed by atoms with Gasteiger partial charge in [-0.05, 0) is 19.3 Å². The summed E-state index contributed by atoms with van der Waals surface area (Å²) in [6.07, 6.45) is -2.93. The van der Waals surface area contributed by atoms with Crippen molar-refractivity contribution in [2.45, 2.75) is 57.3 Å². The molecule has 1 fully saturated rings. The molecule has 7 N–H and O–H groups in total. The summed E-state index contributed by atoms with van der Waals surface area (Å²) in [6.45, 7) is 4.22. The highest BCUT2D eigenvalue weighted by Gasteiger charge is 2.55. The summed E-state index contributed by atoms with van der Waals surface area (Å²) in [5.74, 6) is -0.297. The molecule has 1 aromatic rings. The summed E-state index contributed by atoms with van der Waals surface area (Å²) in [6, 6.07) is -0.778. The number of ether oxygens (including phenoxy) is 1. The number of aliphatic hydroxyl groups excluding tert-OH is 3. The van der Waals surface area contributed by atoms with Crippen LogP contribution in [0.1, 0.15) is 32.1 Å². The van der Waals surface area contributed by atoms with E-state index in [1.54, 1.807) is 0 Å². The zero-order valence-electron chi connectivity index (χ0n) is 16.1. The molecular formula is C17H28N4O7. The van der Waals surface area contributed by atoms with Crippen molar-refractivity contribution in [3.8, 4) is 0 Å². The lowest BCUT2D eigenvalue weighted by atomic mass is 9.95. The Bertz CT molecular complexity index is 820. The van der Waals surface area contributed by atoms with Crippen molar-refractivity contribution in [1.82, 2.24) is 14.9 Å². The molecule has 0 saturated carbocycles. The minimum absolute atomic E-state index is 0.194. The van der Waals surface area contributed by atoms with Crippen LogP contribution in [0, 0.1) is 12.8 Å². The first-order valence-corrected chi connectivity index (χ1v) is 9.02. The van der Waals surface area contributed by atoms with Crippen molar-refractivity contribution in [1.29, 1.82) is 0 Å². The van der Waals surface area contributed by atoms with Crippen LogP contribution in [-0.4, -0.2) is 67.8 Å². The number of H-pyrrole nitrogens is 1. The topological polar surface area (TPSA) is 180 Å². The molecule has 2 unspecified atom stereocenters. The summed E-state index contributed by atoms with van der Waals surface area (Å²) in [4.78, 5) is 37.8. The number of amides is 1. The zero-order valence-corrected chi connectivity index (χ0v) is 16.1. The molecule has 0 bridgehead atoms. The van der Waals surface area contributed by atoms with Gasteiger partial charge in [0.05, 0.1) is 19.2 Å². The van der Waals surface area contributed by atoms with E-state index in [0.717, 1.165) is 4.57 Å². The van der Waals surface area contributed by atoms with Gasteiger partial charge in [0.25, 0.3) is 5.56 Å². The standard InChI is InChI=1S/C17H28N4O7/c1-8(2)4-10(18)14(26)19-6-17(7-22)12(24)11(23)15(28-17)21-5-9(3)13(25)20-16(21)27/h5,8,10-12,15,22-24H,4,6-7,18H2,1-3H3,(H,19,26)(H,20,25,27)/t10-,11?,12?,15+,17+/m0/s1. The minimum Gasteiger partial charge on any atom is -0.393 e. The maximum Gasteiger partial charge on any atom is 0.330 e. The lowest BCUT2D eigenvalue weighted by Crippen LogP contribution is -2.56. The molecule has 0 aromatic carbocycles. The van der Waals surface area contributed by atoms with Gasteiger partial charge in [0.2, 0.25) is 5.91 Å². The van der Waals surface area contributed by atoms with E-state index in [-0.39, 0.29) is 18.0 Å². The third-order valence-corrected chi connectivity index (χ3v) is 4.82. The van der Waals surface area contributed by atoms with Crippen LogP contribution in [0.5, 0.6) is 0 Å². The maximum absolute atomic E-state index is 12.2. The number of aliphatic hydroxyl groups is 3. The maximum atomic E-state index is 12.2. The van der Waals surface area contributed by atoms with E-state index in [0.29, 0.717) is 6.42 Å². The van der Waals surface area contributed by atoms with Gasteiger partial charge in [0.1, 0.15) is 17.8 Å². The fourth-order valence-electron chi connectivity index (χ4n) is 3.16. The normalized spacial score (nSPS) is 28.5. The van der Waals surface area contributed by atoms with Crippen molar-refractivity contribution in [2.24, 2.45) is 11.7 Å². The van der Waals surface area contributed by atoms with Crippen LogP contribution in [0.3, 0.4) is 0 Å². The lowest BCUT2D eigenvalue weighted by molar-refractivity contribution is -0.137. The Morgan fingerprint density at radius 2 is 2.07 bits per heavy atom. The van der Waals surface area contributed by atoms with Crippen LogP contribution >= 0.6 is 0 Å². The van der Waals surface area contributed by atoms with Gasteiger partial charge in [0, 0.05) is 11.8 Å². The average molecular weight is 400 g/mol. The van der Waals surface area contributed by atoms with Crippen LogP contribution in [0.25, 0.3) is 0 Å². The van der Waals surface area contributed by atoms with E-state index in [9.17, 15) is 29.7 Å². The molecule has 28 heavy (non-hydrogen) atoms. The monoisotopic (exact) mass is 400 g/mol. The second-order valence-electron chi connectivity index (χ2n) is 7.60. The number of aromatic nitrogens is 2. The fourth-order valence-corrected chi connectivity index (χ4v) is 3.16. The van der Waals surface area contributed by atoms with Gasteiger partial charge in [0.15, 0.2) is 6.23 Å². The number of carbonyl (C=O) groups excluding carboxylic acids is 1. The average Bonchev–Trinajstić information content (AvgIpc) is 2.87. The molecule has 1 aromatic heterocycles. The molecular weight excluding hydrogens is 372 g/mol. The number of aromatic amines is 1. The number of nitrogens with one attached hydrogen (secondary N) is 2. The number of nitrogens with two attached hydrogens (primary N) is 1. The summed E-state index contributed by atoms with van der Waals surface area (Å²) in [7, 11) is 0. The summed E-state index contributed by atoms with van der Waals surface area (Å²) < 4.78 is 6.56. The molecule has 0 aliphatic carbocycles. The first kappa shape index (κ1) is 22.2. The molecule has 1 aliphatic heterocycles. The largest absolute Gasteiger partial charge is 0.393 e. The van der Waals surface area contributed by atoms with Crippen molar-refractivity contribution >= 4 is 5.91 Å². The molecule has 1 aliphatic rings. The highest BCUT2D eigenvalue weighted by Crippen LogP contribution is 2.36. The number of nitrogens with zero attached hydrogens (tertiary/aromatic N) is 1. The fraction of sp³-hybridized carbons (Fsp3) is 0.706. The molecule has 11 heteroatoms. The van der Waals surface area contributed by atoms with Crippen LogP contribution < -0.4 is 22.3 Å². The Hall–Kier alpha value is -2.05. The predicted octanol–water partition coefficient (Wildman–Crippen LogP) is -2.68. The second kappa shape index (κ2) is 8.53. The molecule has 11 nitrogen and oxygen atoms in total. The number of carbonyl (C=O) groups is 1. The lowest BCUT2D eigenvalue weighted by Gasteiger charge is -2.30. The van der Waals surface area contributed by atoms with E-state index in [1.165, 1.54) is 13.1 Å². The van der Waals surface area contributed by atoms with E-state index < -0.39 is 53.8 Å². The summed E-state index contributed by atoms with van der Waals surface area (Å²) in [5.41, 5.74) is 2.82. The minimum atomic E-state index is -1.75. The highest BCUT2D eigenvalue weighted by molar-refractivity contribution is 5.81. The van der Waals surface area contributed by atoms with Crippen molar-refractivity contribution in [3.05, 3.63) is 32.6 Å². The first-order chi connectivity index (χ1) is 13.0. The van der Waals surface area contributed by atoms with Gasteiger partial charge in [-0.2, -0.15) is 0 Å². The Balaban J connectivity index is 2.22. The van der Waals surface area contributed by atoms with Gasteiger partial charge in [-0.15, -0.1) is 0 Å².